The molecule has 0 spiro atoms. The van der Waals surface area contributed by atoms with Gasteiger partial charge >= 0.3 is 0 Å². The Labute approximate surface area is 148 Å². The van der Waals surface area contributed by atoms with Crippen LogP contribution in [0.2, 0.25) is 0 Å². The molecule has 0 radical (unpaired) electrons. The standard InChI is InChI=1S/C21H23NO3/c1-16-4-6-17(7-5-16)8-13-21(23)22-18-9-11-19(12-10-18)25-15-20-3-2-14-24-20/h4-13,20H,2-3,14-15H2,1H3,(H,22,23)/b13-8+/t20-/m1/s1. The Morgan fingerprint density at radius 1 is 1.20 bits per heavy atom. The third kappa shape index (κ3) is 5.47. The van der Waals surface area contributed by atoms with E-state index in [0.717, 1.165) is 36.4 Å². The molecule has 3 rings (SSSR count). The van der Waals surface area contributed by atoms with Crippen molar-refractivity contribution in [3.8, 4) is 5.75 Å². The molecule has 130 valence electrons. The average Bonchev–Trinajstić information content (AvgIpc) is 3.14. The zero-order valence-electron chi connectivity index (χ0n) is 14.4. The van der Waals surface area contributed by atoms with Crippen molar-refractivity contribution in [3.05, 3.63) is 65.7 Å². The molecule has 25 heavy (non-hydrogen) atoms. The second-order valence-corrected chi connectivity index (χ2v) is 6.20. The van der Waals surface area contributed by atoms with Crippen molar-refractivity contribution in [1.82, 2.24) is 0 Å². The molecule has 0 saturated carbocycles. The molecule has 0 unspecified atom stereocenters. The molecule has 1 atom stereocenters. The predicted molar refractivity (Wildman–Crippen MR) is 99.8 cm³/mol. The molecular formula is C21H23NO3. The van der Waals surface area contributed by atoms with E-state index in [4.69, 9.17) is 9.47 Å². The molecule has 2 aromatic carbocycles. The number of hydrogen-bond acceptors (Lipinski definition) is 3. The van der Waals surface area contributed by atoms with E-state index < -0.39 is 0 Å². The van der Waals surface area contributed by atoms with Crippen LogP contribution in [0.15, 0.2) is 54.6 Å². The van der Waals surface area contributed by atoms with Crippen molar-refractivity contribution in [2.45, 2.75) is 25.9 Å². The van der Waals surface area contributed by atoms with E-state index in [1.165, 1.54) is 11.6 Å². The van der Waals surface area contributed by atoms with Crippen LogP contribution in [0.25, 0.3) is 6.08 Å². The fourth-order valence-corrected chi connectivity index (χ4v) is 2.63. The summed E-state index contributed by atoms with van der Waals surface area (Å²) in [6.45, 7) is 3.44. The van der Waals surface area contributed by atoms with Crippen LogP contribution in [0.5, 0.6) is 5.75 Å². The van der Waals surface area contributed by atoms with Crippen molar-refractivity contribution in [2.75, 3.05) is 18.5 Å². The molecule has 0 bridgehead atoms. The lowest BCUT2D eigenvalue weighted by molar-refractivity contribution is -0.111. The number of rotatable bonds is 6. The van der Waals surface area contributed by atoms with Crippen LogP contribution in [0.1, 0.15) is 24.0 Å². The molecule has 4 nitrogen and oxygen atoms in total. The second-order valence-electron chi connectivity index (χ2n) is 6.20. The minimum atomic E-state index is -0.159. The molecule has 4 heteroatoms. The van der Waals surface area contributed by atoms with E-state index in [0.29, 0.717) is 6.61 Å². The summed E-state index contributed by atoms with van der Waals surface area (Å²) < 4.78 is 11.2. The molecule has 0 aliphatic carbocycles. The minimum absolute atomic E-state index is 0.159. The summed E-state index contributed by atoms with van der Waals surface area (Å²) in [5.74, 6) is 0.622. The van der Waals surface area contributed by atoms with Gasteiger partial charge in [-0.25, -0.2) is 0 Å². The summed E-state index contributed by atoms with van der Waals surface area (Å²) in [6.07, 6.45) is 5.70. The van der Waals surface area contributed by atoms with Crippen molar-refractivity contribution >= 4 is 17.7 Å². The highest BCUT2D eigenvalue weighted by Gasteiger charge is 2.15. The van der Waals surface area contributed by atoms with Gasteiger partial charge in [0.15, 0.2) is 0 Å². The lowest BCUT2D eigenvalue weighted by Crippen LogP contribution is -2.16. The summed E-state index contributed by atoms with van der Waals surface area (Å²) in [7, 11) is 0. The van der Waals surface area contributed by atoms with Crippen molar-refractivity contribution < 1.29 is 14.3 Å². The number of benzene rings is 2. The topological polar surface area (TPSA) is 47.6 Å². The minimum Gasteiger partial charge on any atom is -0.491 e. The van der Waals surface area contributed by atoms with Crippen molar-refractivity contribution in [1.29, 1.82) is 0 Å². The first-order chi connectivity index (χ1) is 12.2. The number of carbonyl (C=O) groups is 1. The predicted octanol–water partition coefficient (Wildman–Crippen LogP) is 4.20. The molecular weight excluding hydrogens is 314 g/mol. The van der Waals surface area contributed by atoms with E-state index in [1.54, 1.807) is 6.08 Å². The summed E-state index contributed by atoms with van der Waals surface area (Å²) in [5, 5.41) is 2.84. The van der Waals surface area contributed by atoms with E-state index >= 15 is 0 Å². The van der Waals surface area contributed by atoms with Crippen LogP contribution in [0.3, 0.4) is 0 Å². The van der Waals surface area contributed by atoms with Crippen molar-refractivity contribution in [2.24, 2.45) is 0 Å². The monoisotopic (exact) mass is 337 g/mol. The Balaban J connectivity index is 1.48. The molecule has 1 aliphatic heterocycles. The number of anilines is 1. The van der Waals surface area contributed by atoms with Gasteiger partial charge < -0.3 is 14.8 Å². The van der Waals surface area contributed by atoms with Gasteiger partial charge in [-0.3, -0.25) is 4.79 Å². The summed E-state index contributed by atoms with van der Waals surface area (Å²) in [4.78, 5) is 12.0. The number of aryl methyl sites for hydroxylation is 1. The fourth-order valence-electron chi connectivity index (χ4n) is 2.63. The Kier molecular flexibility index (Phi) is 5.86. The van der Waals surface area contributed by atoms with Crippen LogP contribution < -0.4 is 10.1 Å². The summed E-state index contributed by atoms with van der Waals surface area (Å²) >= 11 is 0. The smallest absolute Gasteiger partial charge is 0.248 e. The van der Waals surface area contributed by atoms with Crippen LogP contribution in [-0.4, -0.2) is 25.2 Å². The van der Waals surface area contributed by atoms with E-state index in [2.05, 4.69) is 5.32 Å². The van der Waals surface area contributed by atoms with Crippen LogP contribution >= 0.6 is 0 Å². The van der Waals surface area contributed by atoms with Crippen LogP contribution in [0, 0.1) is 6.92 Å². The summed E-state index contributed by atoms with van der Waals surface area (Å²) in [5.41, 5.74) is 2.94. The molecule has 1 N–H and O–H groups in total. The Morgan fingerprint density at radius 3 is 2.64 bits per heavy atom. The van der Waals surface area contributed by atoms with Gasteiger partial charge in [0.25, 0.3) is 0 Å². The molecule has 1 amide bonds. The molecule has 1 aliphatic rings. The first-order valence-corrected chi connectivity index (χ1v) is 8.59. The lowest BCUT2D eigenvalue weighted by atomic mass is 10.1. The Bertz CT molecular complexity index is 714. The number of amides is 1. The van der Waals surface area contributed by atoms with Crippen LogP contribution in [0.4, 0.5) is 5.69 Å². The SMILES string of the molecule is Cc1ccc(/C=C/C(=O)Nc2ccc(OC[C@H]3CCCO3)cc2)cc1. The molecule has 1 heterocycles. The highest BCUT2D eigenvalue weighted by molar-refractivity contribution is 6.01. The van der Waals surface area contributed by atoms with Gasteiger partial charge in [0.2, 0.25) is 5.91 Å². The quantitative estimate of drug-likeness (QED) is 0.804. The van der Waals surface area contributed by atoms with E-state index in [1.807, 2.05) is 55.5 Å². The molecule has 0 aromatic heterocycles. The first kappa shape index (κ1) is 17.2. The zero-order chi connectivity index (χ0) is 17.5. The maximum atomic E-state index is 12.0. The van der Waals surface area contributed by atoms with Crippen molar-refractivity contribution in [3.63, 3.8) is 0 Å². The van der Waals surface area contributed by atoms with Gasteiger partial charge in [-0.05, 0) is 55.7 Å². The fraction of sp³-hybridized carbons (Fsp3) is 0.286. The first-order valence-electron chi connectivity index (χ1n) is 8.59. The van der Waals surface area contributed by atoms with E-state index in [9.17, 15) is 4.79 Å². The largest absolute Gasteiger partial charge is 0.491 e. The van der Waals surface area contributed by atoms with Gasteiger partial charge in [0.1, 0.15) is 12.4 Å². The average molecular weight is 337 g/mol. The molecule has 1 fully saturated rings. The van der Waals surface area contributed by atoms with Gasteiger partial charge in [-0.15, -0.1) is 0 Å². The highest BCUT2D eigenvalue weighted by Crippen LogP contribution is 2.18. The molecule has 1 saturated heterocycles. The van der Waals surface area contributed by atoms with Gasteiger partial charge in [-0.2, -0.15) is 0 Å². The third-order valence-electron chi connectivity index (χ3n) is 4.09. The van der Waals surface area contributed by atoms with E-state index in [-0.39, 0.29) is 12.0 Å². The molecule has 2 aromatic rings. The highest BCUT2D eigenvalue weighted by atomic mass is 16.5. The maximum Gasteiger partial charge on any atom is 0.248 e. The number of carbonyl (C=O) groups excluding carboxylic acids is 1. The van der Waals surface area contributed by atoms with Crippen LogP contribution in [-0.2, 0) is 9.53 Å². The number of nitrogens with one attached hydrogen (secondary N) is 1. The summed E-state index contributed by atoms with van der Waals surface area (Å²) in [6, 6.07) is 15.4. The van der Waals surface area contributed by atoms with Gasteiger partial charge in [0, 0.05) is 18.4 Å². The number of hydrogen-bond donors (Lipinski definition) is 1. The normalized spacial score (nSPS) is 16.9. The van der Waals surface area contributed by atoms with Gasteiger partial charge in [0.05, 0.1) is 6.10 Å². The Morgan fingerprint density at radius 2 is 1.96 bits per heavy atom. The second kappa shape index (κ2) is 8.49. The number of ether oxygens (including phenoxy) is 2. The van der Waals surface area contributed by atoms with Gasteiger partial charge in [-0.1, -0.05) is 29.8 Å². The zero-order valence-corrected chi connectivity index (χ0v) is 14.4. The third-order valence-corrected chi connectivity index (χ3v) is 4.09. The Hall–Kier alpha value is -2.59. The lowest BCUT2D eigenvalue weighted by Gasteiger charge is -2.11. The maximum absolute atomic E-state index is 12.0.